The van der Waals surface area contributed by atoms with Crippen molar-refractivity contribution >= 4 is 0 Å². The van der Waals surface area contributed by atoms with Crippen LogP contribution in [0.25, 0.3) is 0 Å². The van der Waals surface area contributed by atoms with E-state index >= 15 is 0 Å². The van der Waals surface area contributed by atoms with Crippen LogP contribution in [0.15, 0.2) is 0 Å². The van der Waals surface area contributed by atoms with E-state index in [4.69, 9.17) is 9.47 Å². The summed E-state index contributed by atoms with van der Waals surface area (Å²) in [6.07, 6.45) is 6.83. The molecule has 0 bridgehead atoms. The van der Waals surface area contributed by atoms with Crippen LogP contribution in [0, 0.1) is 0 Å². The zero-order valence-corrected chi connectivity index (χ0v) is 12.3. The Morgan fingerprint density at radius 1 is 1.17 bits per heavy atom. The average molecular weight is 255 g/mol. The van der Waals surface area contributed by atoms with Crippen LogP contribution in [0.1, 0.15) is 59.3 Å². The first-order valence-corrected chi connectivity index (χ1v) is 7.61. The first kappa shape index (κ1) is 14.3. The molecule has 0 aromatic heterocycles. The molecule has 18 heavy (non-hydrogen) atoms. The fraction of sp³-hybridized carbons (Fsp3) is 1.00. The van der Waals surface area contributed by atoms with E-state index in [9.17, 15) is 0 Å². The van der Waals surface area contributed by atoms with Crippen LogP contribution >= 0.6 is 0 Å². The molecule has 2 fully saturated rings. The molecule has 1 spiro atoms. The van der Waals surface area contributed by atoms with E-state index in [1.54, 1.807) is 0 Å². The molecule has 1 unspecified atom stereocenters. The third-order valence-corrected chi connectivity index (χ3v) is 5.01. The highest BCUT2D eigenvalue weighted by molar-refractivity contribution is 4.94. The lowest BCUT2D eigenvalue weighted by Gasteiger charge is -2.45. The van der Waals surface area contributed by atoms with Crippen molar-refractivity contribution in [3.63, 3.8) is 0 Å². The minimum Gasteiger partial charge on any atom is -0.381 e. The average Bonchev–Trinajstić information content (AvgIpc) is 2.39. The fourth-order valence-corrected chi connectivity index (χ4v) is 3.19. The van der Waals surface area contributed by atoms with Crippen molar-refractivity contribution in [1.82, 2.24) is 5.32 Å². The highest BCUT2D eigenvalue weighted by atomic mass is 16.5. The smallest absolute Gasteiger partial charge is 0.0741 e. The summed E-state index contributed by atoms with van der Waals surface area (Å²) in [4.78, 5) is 0. The van der Waals surface area contributed by atoms with Crippen LogP contribution in [-0.4, -0.2) is 37.0 Å². The lowest BCUT2D eigenvalue weighted by Crippen LogP contribution is -2.55. The molecule has 3 nitrogen and oxygen atoms in total. The molecule has 1 atom stereocenters. The Kier molecular flexibility index (Phi) is 4.68. The van der Waals surface area contributed by atoms with Gasteiger partial charge in [0, 0.05) is 31.4 Å². The Balaban J connectivity index is 1.94. The van der Waals surface area contributed by atoms with E-state index in [-0.39, 0.29) is 11.1 Å². The van der Waals surface area contributed by atoms with Gasteiger partial charge in [-0.15, -0.1) is 0 Å². The first-order valence-electron chi connectivity index (χ1n) is 7.61. The molecule has 0 radical (unpaired) electrons. The van der Waals surface area contributed by atoms with Gasteiger partial charge in [0.25, 0.3) is 0 Å². The largest absolute Gasteiger partial charge is 0.381 e. The minimum absolute atomic E-state index is 0.108. The maximum Gasteiger partial charge on any atom is 0.0741 e. The normalized spacial score (nSPS) is 28.5. The second-order valence-corrected chi connectivity index (χ2v) is 6.25. The van der Waals surface area contributed by atoms with Crippen molar-refractivity contribution in [3.05, 3.63) is 0 Å². The van der Waals surface area contributed by atoms with E-state index < -0.39 is 0 Å². The molecule has 2 rings (SSSR count). The van der Waals surface area contributed by atoms with Gasteiger partial charge in [0.05, 0.1) is 5.60 Å². The number of hydrogen-bond donors (Lipinski definition) is 1. The van der Waals surface area contributed by atoms with E-state index in [1.807, 2.05) is 0 Å². The van der Waals surface area contributed by atoms with Crippen molar-refractivity contribution in [3.8, 4) is 0 Å². The van der Waals surface area contributed by atoms with E-state index in [0.717, 1.165) is 45.5 Å². The summed E-state index contributed by atoms with van der Waals surface area (Å²) >= 11 is 0. The van der Waals surface area contributed by atoms with Gasteiger partial charge in [0.15, 0.2) is 0 Å². The van der Waals surface area contributed by atoms with Crippen LogP contribution in [-0.2, 0) is 9.47 Å². The molecule has 2 aliphatic heterocycles. The molecule has 2 heterocycles. The van der Waals surface area contributed by atoms with Gasteiger partial charge in [-0.25, -0.2) is 0 Å². The molecule has 106 valence electrons. The third kappa shape index (κ3) is 3.25. The lowest BCUT2D eigenvalue weighted by atomic mass is 9.82. The summed E-state index contributed by atoms with van der Waals surface area (Å²) < 4.78 is 11.6. The molecule has 1 N–H and O–H groups in total. The third-order valence-electron chi connectivity index (χ3n) is 5.01. The van der Waals surface area contributed by atoms with Gasteiger partial charge in [-0.05, 0) is 45.4 Å². The Morgan fingerprint density at radius 2 is 1.83 bits per heavy atom. The van der Waals surface area contributed by atoms with E-state index in [1.165, 1.54) is 12.8 Å². The summed E-state index contributed by atoms with van der Waals surface area (Å²) in [6, 6.07) is 0.613. The molecule has 2 saturated heterocycles. The highest BCUT2D eigenvalue weighted by Gasteiger charge is 2.40. The standard InChI is InChI=1S/C15H29NO2/c1-4-14(3,5-2)16-13-6-9-18-15(12-13)7-10-17-11-8-15/h13,16H,4-12H2,1-3H3. The lowest BCUT2D eigenvalue weighted by molar-refractivity contribution is -0.142. The van der Waals surface area contributed by atoms with Crippen LogP contribution < -0.4 is 5.32 Å². The number of hydrogen-bond acceptors (Lipinski definition) is 3. The summed E-state index contributed by atoms with van der Waals surface area (Å²) in [5, 5.41) is 3.88. The molecule has 0 amide bonds. The van der Waals surface area contributed by atoms with Gasteiger partial charge in [0.1, 0.15) is 0 Å². The molecule has 3 heteroatoms. The number of rotatable bonds is 4. The summed E-state index contributed by atoms with van der Waals surface area (Å²) in [6.45, 7) is 9.54. The Bertz CT molecular complexity index is 252. The van der Waals surface area contributed by atoms with Crippen molar-refractivity contribution in [2.75, 3.05) is 19.8 Å². The van der Waals surface area contributed by atoms with Gasteiger partial charge >= 0.3 is 0 Å². The summed E-state index contributed by atoms with van der Waals surface area (Å²) in [7, 11) is 0. The fourth-order valence-electron chi connectivity index (χ4n) is 3.19. The second-order valence-electron chi connectivity index (χ2n) is 6.25. The van der Waals surface area contributed by atoms with Crippen LogP contribution in [0.3, 0.4) is 0 Å². The first-order chi connectivity index (χ1) is 8.61. The van der Waals surface area contributed by atoms with Gasteiger partial charge < -0.3 is 14.8 Å². The maximum atomic E-state index is 6.10. The maximum absolute atomic E-state index is 6.10. The minimum atomic E-state index is 0.108. The zero-order chi connectivity index (χ0) is 13.1. The van der Waals surface area contributed by atoms with E-state index in [0.29, 0.717) is 6.04 Å². The van der Waals surface area contributed by atoms with Gasteiger partial charge in [-0.3, -0.25) is 0 Å². The van der Waals surface area contributed by atoms with Crippen molar-refractivity contribution < 1.29 is 9.47 Å². The predicted molar refractivity (Wildman–Crippen MR) is 73.9 cm³/mol. The molecular weight excluding hydrogens is 226 g/mol. The molecule has 0 aromatic rings. The Morgan fingerprint density at radius 3 is 2.44 bits per heavy atom. The van der Waals surface area contributed by atoms with Gasteiger partial charge in [-0.2, -0.15) is 0 Å². The summed E-state index contributed by atoms with van der Waals surface area (Å²) in [5.41, 5.74) is 0.394. The van der Waals surface area contributed by atoms with E-state index in [2.05, 4.69) is 26.1 Å². The Labute approximate surface area is 112 Å². The number of nitrogens with one attached hydrogen (secondary N) is 1. The highest BCUT2D eigenvalue weighted by Crippen LogP contribution is 2.35. The molecule has 0 aliphatic carbocycles. The van der Waals surface area contributed by atoms with Gasteiger partial charge in [-0.1, -0.05) is 13.8 Å². The van der Waals surface area contributed by atoms with Crippen LogP contribution in [0.4, 0.5) is 0 Å². The van der Waals surface area contributed by atoms with Gasteiger partial charge in [0.2, 0.25) is 0 Å². The number of ether oxygens (including phenoxy) is 2. The monoisotopic (exact) mass is 255 g/mol. The second kappa shape index (κ2) is 5.89. The quantitative estimate of drug-likeness (QED) is 0.838. The molecule has 0 aromatic carbocycles. The van der Waals surface area contributed by atoms with Crippen molar-refractivity contribution in [2.24, 2.45) is 0 Å². The SMILES string of the molecule is CCC(C)(CC)NC1CCOC2(CCOCC2)C1. The molecular formula is C15H29NO2. The van der Waals surface area contributed by atoms with Crippen LogP contribution in [0.5, 0.6) is 0 Å². The van der Waals surface area contributed by atoms with Crippen molar-refractivity contribution in [1.29, 1.82) is 0 Å². The predicted octanol–water partition coefficient (Wildman–Crippen LogP) is 2.88. The zero-order valence-electron chi connectivity index (χ0n) is 12.3. The molecule has 2 aliphatic rings. The van der Waals surface area contributed by atoms with Crippen LogP contribution in [0.2, 0.25) is 0 Å². The summed E-state index contributed by atoms with van der Waals surface area (Å²) in [5.74, 6) is 0. The Hall–Kier alpha value is -0.120. The molecule has 0 saturated carbocycles. The van der Waals surface area contributed by atoms with Crippen molar-refractivity contribution in [2.45, 2.75) is 76.5 Å². The topological polar surface area (TPSA) is 30.5 Å².